The van der Waals surface area contributed by atoms with Crippen LogP contribution >= 0.6 is 11.6 Å². The maximum atomic E-state index is 13.2. The molecule has 11 heteroatoms. The Kier molecular flexibility index (Phi) is 6.06. The van der Waals surface area contributed by atoms with E-state index in [2.05, 4.69) is 4.98 Å². The molecule has 2 aromatic carbocycles. The first kappa shape index (κ1) is 22.7. The summed E-state index contributed by atoms with van der Waals surface area (Å²) in [6.45, 7) is 1.56. The van der Waals surface area contributed by atoms with Crippen LogP contribution in [-0.2, 0) is 16.2 Å². The van der Waals surface area contributed by atoms with E-state index in [1.165, 1.54) is 6.07 Å². The van der Waals surface area contributed by atoms with Gasteiger partial charge >= 0.3 is 6.18 Å². The van der Waals surface area contributed by atoms with Crippen LogP contribution in [0.25, 0.3) is 11.3 Å². The van der Waals surface area contributed by atoms with Crippen molar-refractivity contribution in [3.05, 3.63) is 82.3 Å². The Hall–Kier alpha value is -2.98. The van der Waals surface area contributed by atoms with Crippen molar-refractivity contribution in [3.63, 3.8) is 0 Å². The normalized spacial score (nSPS) is 11.9. The highest BCUT2D eigenvalue weighted by atomic mass is 35.5. The number of hydrogen-bond acceptors (Lipinski definition) is 4. The lowest BCUT2D eigenvalue weighted by Crippen LogP contribution is -2.32. The minimum Gasteiger partial charge on any atom is -0.268 e. The highest BCUT2D eigenvalue weighted by Crippen LogP contribution is 2.33. The molecule has 0 bridgehead atoms. The molecule has 1 amide bonds. The monoisotopic (exact) mass is 472 g/mol. The molecule has 0 radical (unpaired) electrons. The SMILES string of the molecule is Cc1cc(S(=O)(=O)NC(=O)c2ccc(F)cc2C(F)(F)F)cnc1-c1ccccc1Cl. The molecule has 0 saturated heterocycles. The van der Waals surface area contributed by atoms with Crippen LogP contribution in [0.5, 0.6) is 0 Å². The summed E-state index contributed by atoms with van der Waals surface area (Å²) in [7, 11) is -4.57. The second-order valence-electron chi connectivity index (χ2n) is 6.44. The van der Waals surface area contributed by atoms with Crippen molar-refractivity contribution in [2.24, 2.45) is 0 Å². The molecule has 5 nitrogen and oxygen atoms in total. The molecule has 3 aromatic rings. The molecule has 0 spiro atoms. The largest absolute Gasteiger partial charge is 0.417 e. The van der Waals surface area contributed by atoms with E-state index in [0.717, 1.165) is 6.20 Å². The fourth-order valence-corrected chi connectivity index (χ4v) is 4.04. The third-order valence-electron chi connectivity index (χ3n) is 4.25. The maximum Gasteiger partial charge on any atom is 0.417 e. The number of carbonyl (C=O) groups excluding carboxylic acids is 1. The van der Waals surface area contributed by atoms with Crippen LogP contribution in [0.3, 0.4) is 0 Å². The average Bonchev–Trinajstić information content (AvgIpc) is 2.67. The zero-order chi connectivity index (χ0) is 23.0. The van der Waals surface area contributed by atoms with E-state index in [0.29, 0.717) is 34.0 Å². The molecule has 0 atom stereocenters. The second kappa shape index (κ2) is 8.27. The van der Waals surface area contributed by atoms with Gasteiger partial charge in [0.15, 0.2) is 0 Å². The number of pyridine rings is 1. The minimum atomic E-state index is -5.06. The number of hydrogen-bond donors (Lipinski definition) is 1. The first-order chi connectivity index (χ1) is 14.4. The van der Waals surface area contributed by atoms with Crippen LogP contribution in [0, 0.1) is 12.7 Å². The fraction of sp³-hybridized carbons (Fsp3) is 0.100. The van der Waals surface area contributed by atoms with Crippen molar-refractivity contribution in [1.82, 2.24) is 9.71 Å². The van der Waals surface area contributed by atoms with Crippen LogP contribution in [0.1, 0.15) is 21.5 Å². The zero-order valence-electron chi connectivity index (χ0n) is 15.7. The molecule has 1 heterocycles. The summed E-state index contributed by atoms with van der Waals surface area (Å²) in [6.07, 6.45) is -4.11. The Morgan fingerprint density at radius 1 is 1.10 bits per heavy atom. The lowest BCUT2D eigenvalue weighted by atomic mass is 10.1. The molecule has 162 valence electrons. The van der Waals surface area contributed by atoms with Crippen molar-refractivity contribution in [1.29, 1.82) is 0 Å². The minimum absolute atomic E-state index is 0.117. The number of nitrogens with zero attached hydrogens (tertiary/aromatic N) is 1. The Labute approximate surface area is 179 Å². The van der Waals surface area contributed by atoms with Gasteiger partial charge in [-0.2, -0.15) is 13.2 Å². The summed E-state index contributed by atoms with van der Waals surface area (Å²) >= 11 is 6.13. The Morgan fingerprint density at radius 2 is 1.77 bits per heavy atom. The first-order valence-corrected chi connectivity index (χ1v) is 10.4. The van der Waals surface area contributed by atoms with Gasteiger partial charge in [0.25, 0.3) is 15.9 Å². The molecule has 0 saturated carbocycles. The topological polar surface area (TPSA) is 76.1 Å². The quantitative estimate of drug-likeness (QED) is 0.543. The third-order valence-corrected chi connectivity index (χ3v) is 5.88. The van der Waals surface area contributed by atoms with E-state index in [1.807, 2.05) is 0 Å². The van der Waals surface area contributed by atoms with Crippen LogP contribution < -0.4 is 4.72 Å². The molecule has 1 aromatic heterocycles. The molecule has 0 aliphatic heterocycles. The Balaban J connectivity index is 1.94. The highest BCUT2D eigenvalue weighted by Gasteiger charge is 2.36. The first-order valence-electron chi connectivity index (χ1n) is 8.55. The Morgan fingerprint density at radius 3 is 2.39 bits per heavy atom. The number of halogens is 5. The maximum absolute atomic E-state index is 13.2. The molecule has 0 aliphatic carbocycles. The van der Waals surface area contributed by atoms with E-state index in [-0.39, 0.29) is 6.07 Å². The summed E-state index contributed by atoms with van der Waals surface area (Å²) in [4.78, 5) is 15.9. The van der Waals surface area contributed by atoms with Gasteiger partial charge in [0, 0.05) is 16.8 Å². The van der Waals surface area contributed by atoms with Crippen molar-refractivity contribution in [2.75, 3.05) is 0 Å². The summed E-state index contributed by atoms with van der Waals surface area (Å²) in [5.74, 6) is -2.78. The van der Waals surface area contributed by atoms with E-state index in [1.54, 1.807) is 35.9 Å². The van der Waals surface area contributed by atoms with E-state index in [9.17, 15) is 30.8 Å². The van der Waals surface area contributed by atoms with Gasteiger partial charge in [-0.1, -0.05) is 29.8 Å². The fourth-order valence-electron chi connectivity index (χ4n) is 2.82. The van der Waals surface area contributed by atoms with Gasteiger partial charge in [0.1, 0.15) is 10.7 Å². The molecule has 0 unspecified atom stereocenters. The van der Waals surface area contributed by atoms with E-state index in [4.69, 9.17) is 11.6 Å². The van der Waals surface area contributed by atoms with E-state index >= 15 is 0 Å². The summed E-state index contributed by atoms with van der Waals surface area (Å²) in [5.41, 5.74) is -1.27. The van der Waals surface area contributed by atoms with Gasteiger partial charge in [0.05, 0.1) is 16.8 Å². The summed E-state index contributed by atoms with van der Waals surface area (Å²) in [6, 6.07) is 9.25. The van der Waals surface area contributed by atoms with Crippen molar-refractivity contribution in [3.8, 4) is 11.3 Å². The van der Waals surface area contributed by atoms with Crippen molar-refractivity contribution in [2.45, 2.75) is 18.0 Å². The van der Waals surface area contributed by atoms with Gasteiger partial charge in [-0.05, 0) is 42.8 Å². The molecule has 31 heavy (non-hydrogen) atoms. The molecule has 3 rings (SSSR count). The number of rotatable bonds is 4. The van der Waals surface area contributed by atoms with Gasteiger partial charge < -0.3 is 0 Å². The summed E-state index contributed by atoms with van der Waals surface area (Å²) < 4.78 is 79.3. The lowest BCUT2D eigenvalue weighted by molar-refractivity contribution is -0.138. The second-order valence-corrected chi connectivity index (χ2v) is 8.53. The van der Waals surface area contributed by atoms with E-state index < -0.39 is 43.9 Å². The van der Waals surface area contributed by atoms with Crippen LogP contribution in [0.4, 0.5) is 17.6 Å². The average molecular weight is 473 g/mol. The van der Waals surface area contributed by atoms with Gasteiger partial charge in [-0.15, -0.1) is 0 Å². The number of benzene rings is 2. The number of amides is 1. The van der Waals surface area contributed by atoms with Crippen LogP contribution in [0.2, 0.25) is 5.02 Å². The highest BCUT2D eigenvalue weighted by molar-refractivity contribution is 7.90. The van der Waals surface area contributed by atoms with Crippen molar-refractivity contribution >= 4 is 27.5 Å². The number of nitrogens with one attached hydrogen (secondary N) is 1. The number of aromatic nitrogens is 1. The van der Waals surface area contributed by atoms with Gasteiger partial charge in [-0.25, -0.2) is 17.5 Å². The molecule has 0 aliphatic rings. The number of aryl methyl sites for hydroxylation is 1. The van der Waals surface area contributed by atoms with Crippen molar-refractivity contribution < 1.29 is 30.8 Å². The molecular weight excluding hydrogens is 460 g/mol. The molecular formula is C20H13ClF4N2O3S. The Bertz CT molecular complexity index is 1280. The van der Waals surface area contributed by atoms with Crippen LogP contribution in [-0.4, -0.2) is 19.3 Å². The third kappa shape index (κ3) is 4.86. The van der Waals surface area contributed by atoms with Gasteiger partial charge in [0.2, 0.25) is 0 Å². The predicted octanol–water partition coefficient (Wildman–Crippen LogP) is 4.99. The summed E-state index contributed by atoms with van der Waals surface area (Å²) in [5, 5.41) is 0.387. The zero-order valence-corrected chi connectivity index (χ0v) is 17.2. The molecule has 0 fully saturated rings. The number of alkyl halides is 3. The lowest BCUT2D eigenvalue weighted by Gasteiger charge is -2.14. The smallest absolute Gasteiger partial charge is 0.268 e. The van der Waals surface area contributed by atoms with Gasteiger partial charge in [-0.3, -0.25) is 9.78 Å². The predicted molar refractivity (Wildman–Crippen MR) is 105 cm³/mol. The standard InChI is InChI=1S/C20H13ClF4N2O3S/c1-11-8-13(10-26-18(11)15-4-2-3-5-17(15)21)31(29,30)27-19(28)14-7-6-12(22)9-16(14)20(23,24)25/h2-10H,1H3,(H,27,28). The molecule has 1 N–H and O–H groups in total. The number of sulfonamides is 1. The van der Waals surface area contributed by atoms with Crippen LogP contribution in [0.15, 0.2) is 59.6 Å². The number of carbonyl (C=O) groups is 1.